The van der Waals surface area contributed by atoms with Gasteiger partial charge in [0.25, 0.3) is 0 Å². The molecule has 8 heteroatoms. The van der Waals surface area contributed by atoms with Crippen molar-refractivity contribution < 1.29 is 14.7 Å². The van der Waals surface area contributed by atoms with Crippen LogP contribution in [0.2, 0.25) is 0 Å². The fourth-order valence-corrected chi connectivity index (χ4v) is 1.15. The standard InChI is InChI=1S/C9H15N5O3/c1-7(16)10-8-5-14(12-11-8)6-9(17)13(2)3-4-15/h5,15H,3-4,6H2,1-2H3,(H,10,16). The maximum Gasteiger partial charge on any atom is 0.244 e. The summed E-state index contributed by atoms with van der Waals surface area (Å²) in [5.41, 5.74) is 0. The molecule has 1 aromatic rings. The van der Waals surface area contributed by atoms with Gasteiger partial charge in [0.1, 0.15) is 6.54 Å². The monoisotopic (exact) mass is 241 g/mol. The number of hydrogen-bond acceptors (Lipinski definition) is 5. The molecule has 8 nitrogen and oxygen atoms in total. The minimum atomic E-state index is -0.249. The molecule has 0 unspecified atom stereocenters. The van der Waals surface area contributed by atoms with E-state index in [0.717, 1.165) is 0 Å². The maximum atomic E-state index is 11.6. The number of likely N-dealkylation sites (N-methyl/N-ethyl adjacent to an activating group) is 1. The molecule has 0 aliphatic rings. The summed E-state index contributed by atoms with van der Waals surface area (Å²) < 4.78 is 1.32. The zero-order chi connectivity index (χ0) is 12.8. The lowest BCUT2D eigenvalue weighted by molar-refractivity contribution is -0.131. The highest BCUT2D eigenvalue weighted by Crippen LogP contribution is 2.00. The van der Waals surface area contributed by atoms with Crippen molar-refractivity contribution in [3.63, 3.8) is 0 Å². The van der Waals surface area contributed by atoms with E-state index in [2.05, 4.69) is 15.6 Å². The molecule has 0 fully saturated rings. The molecule has 0 aliphatic carbocycles. The molecule has 1 heterocycles. The molecule has 0 aliphatic heterocycles. The van der Waals surface area contributed by atoms with Gasteiger partial charge >= 0.3 is 0 Å². The smallest absolute Gasteiger partial charge is 0.244 e. The Morgan fingerprint density at radius 3 is 2.88 bits per heavy atom. The van der Waals surface area contributed by atoms with E-state index < -0.39 is 0 Å². The summed E-state index contributed by atoms with van der Waals surface area (Å²) in [5.74, 6) is -0.144. The van der Waals surface area contributed by atoms with Gasteiger partial charge in [-0.3, -0.25) is 9.59 Å². The minimum Gasteiger partial charge on any atom is -0.395 e. The van der Waals surface area contributed by atoms with Crippen LogP contribution in [-0.4, -0.2) is 57.0 Å². The predicted octanol–water partition coefficient (Wildman–Crippen LogP) is -1.31. The first-order chi connectivity index (χ1) is 8.02. The van der Waals surface area contributed by atoms with Crippen LogP contribution in [0.5, 0.6) is 0 Å². The number of hydrogen-bond donors (Lipinski definition) is 2. The SMILES string of the molecule is CC(=O)Nc1cn(CC(=O)N(C)CCO)nn1. The molecule has 17 heavy (non-hydrogen) atoms. The molecule has 2 N–H and O–H groups in total. The Balaban J connectivity index is 2.54. The van der Waals surface area contributed by atoms with E-state index in [1.807, 2.05) is 0 Å². The Kier molecular flexibility index (Phi) is 4.58. The van der Waals surface area contributed by atoms with E-state index in [0.29, 0.717) is 5.82 Å². The Labute approximate surface area is 98.2 Å². The number of aliphatic hydroxyl groups is 1. The van der Waals surface area contributed by atoms with E-state index in [1.165, 1.54) is 22.7 Å². The molecule has 1 rings (SSSR count). The van der Waals surface area contributed by atoms with Gasteiger partial charge in [-0.2, -0.15) is 0 Å². The molecule has 1 aromatic heterocycles. The summed E-state index contributed by atoms with van der Waals surface area (Å²) in [4.78, 5) is 23.7. The second-order valence-corrected chi connectivity index (χ2v) is 3.52. The third-order valence-electron chi connectivity index (χ3n) is 2.00. The van der Waals surface area contributed by atoms with Crippen LogP contribution in [0.15, 0.2) is 6.20 Å². The predicted molar refractivity (Wildman–Crippen MR) is 59.0 cm³/mol. The topological polar surface area (TPSA) is 100 Å². The maximum absolute atomic E-state index is 11.6. The zero-order valence-corrected chi connectivity index (χ0v) is 9.75. The number of carbonyl (C=O) groups excluding carboxylic acids is 2. The van der Waals surface area contributed by atoms with Gasteiger partial charge in [-0.05, 0) is 0 Å². The summed E-state index contributed by atoms with van der Waals surface area (Å²) in [6.45, 7) is 1.56. The molecule has 94 valence electrons. The largest absolute Gasteiger partial charge is 0.395 e. The summed E-state index contributed by atoms with van der Waals surface area (Å²) in [5, 5.41) is 18.5. The lowest BCUT2D eigenvalue weighted by atomic mass is 10.5. The Morgan fingerprint density at radius 2 is 2.29 bits per heavy atom. The van der Waals surface area contributed by atoms with E-state index in [1.54, 1.807) is 7.05 Å². The zero-order valence-electron chi connectivity index (χ0n) is 9.75. The lowest BCUT2D eigenvalue weighted by Crippen LogP contribution is -2.32. The average Bonchev–Trinajstić information content (AvgIpc) is 2.64. The fraction of sp³-hybridized carbons (Fsp3) is 0.556. The van der Waals surface area contributed by atoms with E-state index in [4.69, 9.17) is 5.11 Å². The van der Waals surface area contributed by atoms with Gasteiger partial charge in [-0.25, -0.2) is 4.68 Å². The third kappa shape index (κ3) is 4.19. The van der Waals surface area contributed by atoms with Crippen LogP contribution in [0.1, 0.15) is 6.92 Å². The molecular weight excluding hydrogens is 226 g/mol. The average molecular weight is 241 g/mol. The summed E-state index contributed by atoms with van der Waals surface area (Å²) in [6, 6.07) is 0. The van der Waals surface area contributed by atoms with Crippen molar-refractivity contribution in [2.24, 2.45) is 0 Å². The highest BCUT2D eigenvalue weighted by atomic mass is 16.3. The van der Waals surface area contributed by atoms with Crippen molar-refractivity contribution in [2.45, 2.75) is 13.5 Å². The summed E-state index contributed by atoms with van der Waals surface area (Å²) in [7, 11) is 1.59. The first-order valence-electron chi connectivity index (χ1n) is 5.05. The van der Waals surface area contributed by atoms with Crippen molar-refractivity contribution in [3.8, 4) is 0 Å². The van der Waals surface area contributed by atoms with Crippen LogP contribution in [0.25, 0.3) is 0 Å². The van der Waals surface area contributed by atoms with Crippen LogP contribution in [0.3, 0.4) is 0 Å². The molecule has 0 saturated carbocycles. The lowest BCUT2D eigenvalue weighted by Gasteiger charge is -2.14. The molecular formula is C9H15N5O3. The van der Waals surface area contributed by atoms with Gasteiger partial charge in [0.15, 0.2) is 5.82 Å². The molecule has 0 aromatic carbocycles. The number of aliphatic hydroxyl groups excluding tert-OH is 1. The van der Waals surface area contributed by atoms with Gasteiger partial charge in [0.05, 0.1) is 12.8 Å². The minimum absolute atomic E-state index is 0.0169. The van der Waals surface area contributed by atoms with Crippen molar-refractivity contribution in [3.05, 3.63) is 6.20 Å². The number of anilines is 1. The normalized spacial score (nSPS) is 10.1. The van der Waals surface area contributed by atoms with Gasteiger partial charge in [0.2, 0.25) is 11.8 Å². The van der Waals surface area contributed by atoms with Crippen molar-refractivity contribution >= 4 is 17.6 Å². The van der Waals surface area contributed by atoms with Crippen molar-refractivity contribution in [1.82, 2.24) is 19.9 Å². The third-order valence-corrected chi connectivity index (χ3v) is 2.00. The van der Waals surface area contributed by atoms with Crippen molar-refractivity contribution in [1.29, 1.82) is 0 Å². The van der Waals surface area contributed by atoms with Gasteiger partial charge in [-0.1, -0.05) is 5.21 Å². The van der Waals surface area contributed by atoms with Crippen LogP contribution in [-0.2, 0) is 16.1 Å². The van der Waals surface area contributed by atoms with Crippen LogP contribution in [0, 0.1) is 0 Å². The van der Waals surface area contributed by atoms with Crippen molar-refractivity contribution in [2.75, 3.05) is 25.5 Å². The second-order valence-electron chi connectivity index (χ2n) is 3.52. The second kappa shape index (κ2) is 5.94. The molecule has 0 spiro atoms. The van der Waals surface area contributed by atoms with Crippen LogP contribution >= 0.6 is 0 Å². The molecule has 0 atom stereocenters. The Morgan fingerprint density at radius 1 is 1.59 bits per heavy atom. The molecule has 0 bridgehead atoms. The number of aromatic nitrogens is 3. The van der Waals surface area contributed by atoms with E-state index >= 15 is 0 Å². The number of nitrogens with zero attached hydrogens (tertiary/aromatic N) is 4. The number of carbonyl (C=O) groups is 2. The van der Waals surface area contributed by atoms with E-state index in [9.17, 15) is 9.59 Å². The van der Waals surface area contributed by atoms with Crippen LogP contribution in [0.4, 0.5) is 5.82 Å². The molecule has 0 saturated heterocycles. The van der Waals surface area contributed by atoms with E-state index in [-0.39, 0.29) is 31.5 Å². The summed E-state index contributed by atoms with van der Waals surface area (Å²) in [6.07, 6.45) is 1.46. The van der Waals surface area contributed by atoms with Crippen LogP contribution < -0.4 is 5.32 Å². The number of rotatable bonds is 5. The highest BCUT2D eigenvalue weighted by Gasteiger charge is 2.10. The quantitative estimate of drug-likeness (QED) is 0.666. The fourth-order valence-electron chi connectivity index (χ4n) is 1.15. The first-order valence-corrected chi connectivity index (χ1v) is 5.05. The Bertz CT molecular complexity index is 403. The molecule has 2 amide bonds. The Hall–Kier alpha value is -1.96. The van der Waals surface area contributed by atoms with Gasteiger partial charge < -0.3 is 15.3 Å². The number of amides is 2. The highest BCUT2D eigenvalue weighted by molar-refractivity contribution is 5.87. The molecule has 0 radical (unpaired) electrons. The number of nitrogens with one attached hydrogen (secondary N) is 1. The summed E-state index contributed by atoms with van der Waals surface area (Å²) >= 11 is 0. The first kappa shape index (κ1) is 13.1. The van der Waals surface area contributed by atoms with Gasteiger partial charge in [0, 0.05) is 20.5 Å². The van der Waals surface area contributed by atoms with Gasteiger partial charge in [-0.15, -0.1) is 5.10 Å².